The van der Waals surface area contributed by atoms with Crippen LogP contribution in [0.4, 0.5) is 5.82 Å². The van der Waals surface area contributed by atoms with Crippen molar-refractivity contribution in [3.63, 3.8) is 0 Å². The number of halogens is 1. The molecule has 15 heavy (non-hydrogen) atoms. The average molecular weight is 226 g/mol. The largest absolute Gasteiger partial charge is 0.353 e. The minimum absolute atomic E-state index is 0.318. The number of aromatic nitrogens is 1. The predicted molar refractivity (Wildman–Crippen MR) is 63.3 cm³/mol. The Balaban J connectivity index is 2.20. The predicted octanol–water partition coefficient (Wildman–Crippen LogP) is 2.05. The first-order chi connectivity index (χ1) is 7.18. The normalized spacial score (nSPS) is 26.7. The van der Waals surface area contributed by atoms with E-state index in [9.17, 15) is 0 Å². The SMILES string of the molecule is CC1CC(N)CCN1c1ncccc1Cl. The highest BCUT2D eigenvalue weighted by Gasteiger charge is 2.25. The van der Waals surface area contributed by atoms with Gasteiger partial charge in [0.05, 0.1) is 5.02 Å². The van der Waals surface area contributed by atoms with Crippen LogP contribution in [0.1, 0.15) is 19.8 Å². The minimum Gasteiger partial charge on any atom is -0.353 e. The molecule has 2 N–H and O–H groups in total. The van der Waals surface area contributed by atoms with Gasteiger partial charge in [0.1, 0.15) is 5.82 Å². The molecule has 0 saturated carbocycles. The van der Waals surface area contributed by atoms with Gasteiger partial charge in [-0.2, -0.15) is 0 Å². The fraction of sp³-hybridized carbons (Fsp3) is 0.545. The van der Waals surface area contributed by atoms with Crippen LogP contribution in [0.25, 0.3) is 0 Å². The number of anilines is 1. The minimum atomic E-state index is 0.318. The zero-order valence-corrected chi connectivity index (χ0v) is 9.61. The smallest absolute Gasteiger partial charge is 0.147 e. The number of pyridine rings is 1. The molecule has 2 atom stereocenters. The van der Waals surface area contributed by atoms with Crippen molar-refractivity contribution in [1.82, 2.24) is 4.98 Å². The molecule has 3 nitrogen and oxygen atoms in total. The molecule has 0 aromatic carbocycles. The van der Waals surface area contributed by atoms with Gasteiger partial charge in [0, 0.05) is 24.8 Å². The van der Waals surface area contributed by atoms with Crippen molar-refractivity contribution in [3.05, 3.63) is 23.4 Å². The van der Waals surface area contributed by atoms with Crippen molar-refractivity contribution in [2.75, 3.05) is 11.4 Å². The maximum absolute atomic E-state index is 6.12. The van der Waals surface area contributed by atoms with Crippen LogP contribution in [-0.4, -0.2) is 23.6 Å². The molecule has 1 aliphatic rings. The quantitative estimate of drug-likeness (QED) is 0.796. The second kappa shape index (κ2) is 4.37. The number of rotatable bonds is 1. The summed E-state index contributed by atoms with van der Waals surface area (Å²) in [6.45, 7) is 3.11. The molecule has 2 unspecified atom stereocenters. The molecule has 1 fully saturated rings. The van der Waals surface area contributed by atoms with Crippen LogP contribution in [0.5, 0.6) is 0 Å². The van der Waals surface area contributed by atoms with E-state index in [1.54, 1.807) is 6.20 Å². The van der Waals surface area contributed by atoms with Crippen molar-refractivity contribution in [3.8, 4) is 0 Å². The molecule has 0 bridgehead atoms. The van der Waals surface area contributed by atoms with Crippen molar-refractivity contribution in [2.24, 2.45) is 5.73 Å². The van der Waals surface area contributed by atoms with Crippen LogP contribution in [0.2, 0.25) is 5.02 Å². The Morgan fingerprint density at radius 1 is 1.60 bits per heavy atom. The summed E-state index contributed by atoms with van der Waals surface area (Å²) < 4.78 is 0. The van der Waals surface area contributed by atoms with E-state index in [1.807, 2.05) is 12.1 Å². The third-order valence-electron chi connectivity index (χ3n) is 2.93. The lowest BCUT2D eigenvalue weighted by Crippen LogP contribution is -2.46. The second-order valence-electron chi connectivity index (χ2n) is 4.14. The van der Waals surface area contributed by atoms with Gasteiger partial charge < -0.3 is 10.6 Å². The van der Waals surface area contributed by atoms with Crippen LogP contribution in [0.15, 0.2) is 18.3 Å². The van der Waals surface area contributed by atoms with Crippen LogP contribution < -0.4 is 10.6 Å². The van der Waals surface area contributed by atoms with Crippen molar-refractivity contribution >= 4 is 17.4 Å². The van der Waals surface area contributed by atoms with Gasteiger partial charge in [0.25, 0.3) is 0 Å². The molecule has 1 aromatic rings. The highest BCUT2D eigenvalue weighted by Crippen LogP contribution is 2.28. The van der Waals surface area contributed by atoms with E-state index in [0.717, 1.165) is 30.2 Å². The summed E-state index contributed by atoms with van der Waals surface area (Å²) in [4.78, 5) is 6.57. The van der Waals surface area contributed by atoms with E-state index in [0.29, 0.717) is 12.1 Å². The third kappa shape index (κ3) is 2.24. The Morgan fingerprint density at radius 2 is 2.40 bits per heavy atom. The van der Waals surface area contributed by atoms with Crippen molar-refractivity contribution < 1.29 is 0 Å². The fourth-order valence-electron chi connectivity index (χ4n) is 2.11. The Kier molecular flexibility index (Phi) is 3.12. The van der Waals surface area contributed by atoms with E-state index in [4.69, 9.17) is 17.3 Å². The molecule has 82 valence electrons. The van der Waals surface area contributed by atoms with Gasteiger partial charge in [0.15, 0.2) is 0 Å². The van der Waals surface area contributed by atoms with Gasteiger partial charge in [-0.25, -0.2) is 4.98 Å². The summed E-state index contributed by atoms with van der Waals surface area (Å²) in [5.41, 5.74) is 5.92. The standard InChI is InChI=1S/C11H16ClN3/c1-8-7-9(13)4-6-15(8)11-10(12)3-2-5-14-11/h2-3,5,8-9H,4,6-7,13H2,1H3. The molecule has 2 heterocycles. The Hall–Kier alpha value is -0.800. The summed E-state index contributed by atoms with van der Waals surface area (Å²) in [6, 6.07) is 4.47. The first-order valence-corrected chi connectivity index (χ1v) is 5.69. The van der Waals surface area contributed by atoms with E-state index in [1.165, 1.54) is 0 Å². The van der Waals surface area contributed by atoms with Gasteiger partial charge in [-0.05, 0) is 31.9 Å². The van der Waals surface area contributed by atoms with E-state index < -0.39 is 0 Å². The van der Waals surface area contributed by atoms with Gasteiger partial charge in [-0.15, -0.1) is 0 Å². The second-order valence-corrected chi connectivity index (χ2v) is 4.54. The molecule has 0 spiro atoms. The molecule has 0 radical (unpaired) electrons. The average Bonchev–Trinajstić information content (AvgIpc) is 2.20. The van der Waals surface area contributed by atoms with Gasteiger partial charge in [-0.1, -0.05) is 11.6 Å². The van der Waals surface area contributed by atoms with Crippen LogP contribution in [-0.2, 0) is 0 Å². The summed E-state index contributed by atoms with van der Waals surface area (Å²) in [6.07, 6.45) is 3.80. The molecule has 1 saturated heterocycles. The van der Waals surface area contributed by atoms with Crippen LogP contribution >= 0.6 is 11.6 Å². The molecular weight excluding hydrogens is 210 g/mol. The third-order valence-corrected chi connectivity index (χ3v) is 3.22. The monoisotopic (exact) mass is 225 g/mol. The highest BCUT2D eigenvalue weighted by atomic mass is 35.5. The van der Waals surface area contributed by atoms with E-state index >= 15 is 0 Å². The number of hydrogen-bond donors (Lipinski definition) is 1. The zero-order valence-electron chi connectivity index (χ0n) is 8.86. The first-order valence-electron chi connectivity index (χ1n) is 5.31. The lowest BCUT2D eigenvalue weighted by molar-refractivity contribution is 0.427. The zero-order chi connectivity index (χ0) is 10.8. The number of nitrogens with two attached hydrogens (primary N) is 1. The fourth-order valence-corrected chi connectivity index (χ4v) is 2.34. The molecule has 2 rings (SSSR count). The summed E-state index contributed by atoms with van der Waals surface area (Å²) in [5.74, 6) is 0.888. The van der Waals surface area contributed by atoms with Crippen LogP contribution in [0.3, 0.4) is 0 Å². The maximum atomic E-state index is 6.12. The Labute approximate surface area is 95.2 Å². The summed E-state index contributed by atoms with van der Waals surface area (Å²) in [7, 11) is 0. The van der Waals surface area contributed by atoms with E-state index in [-0.39, 0.29) is 0 Å². The van der Waals surface area contributed by atoms with Gasteiger partial charge in [-0.3, -0.25) is 0 Å². The molecule has 1 aliphatic heterocycles. The molecule has 0 aliphatic carbocycles. The van der Waals surface area contributed by atoms with Crippen molar-refractivity contribution in [1.29, 1.82) is 0 Å². The van der Waals surface area contributed by atoms with Gasteiger partial charge in [0.2, 0.25) is 0 Å². The number of hydrogen-bond acceptors (Lipinski definition) is 3. The Morgan fingerprint density at radius 3 is 3.07 bits per heavy atom. The van der Waals surface area contributed by atoms with Crippen LogP contribution in [0, 0.1) is 0 Å². The number of nitrogens with zero attached hydrogens (tertiary/aromatic N) is 2. The number of piperidine rings is 1. The molecule has 4 heteroatoms. The topological polar surface area (TPSA) is 42.1 Å². The molecule has 0 amide bonds. The molecule has 1 aromatic heterocycles. The highest BCUT2D eigenvalue weighted by molar-refractivity contribution is 6.32. The summed E-state index contributed by atoms with van der Waals surface area (Å²) >= 11 is 6.12. The molecular formula is C11H16ClN3. The Bertz CT molecular complexity index is 342. The summed E-state index contributed by atoms with van der Waals surface area (Å²) in [5, 5.41) is 0.722. The lowest BCUT2D eigenvalue weighted by Gasteiger charge is -2.37. The van der Waals surface area contributed by atoms with E-state index in [2.05, 4.69) is 16.8 Å². The lowest BCUT2D eigenvalue weighted by atomic mass is 9.99. The maximum Gasteiger partial charge on any atom is 0.147 e. The first kappa shape index (κ1) is 10.7. The van der Waals surface area contributed by atoms with Crippen molar-refractivity contribution in [2.45, 2.75) is 31.8 Å². The van der Waals surface area contributed by atoms with Gasteiger partial charge >= 0.3 is 0 Å².